The van der Waals surface area contributed by atoms with E-state index in [1.807, 2.05) is 93.6 Å². The van der Waals surface area contributed by atoms with Crippen LogP contribution in [0.5, 0.6) is 23.0 Å². The second-order valence-electron chi connectivity index (χ2n) is 13.7. The Morgan fingerprint density at radius 1 is 0.679 bits per heavy atom. The maximum atomic E-state index is 12.9. The van der Waals surface area contributed by atoms with Crippen molar-refractivity contribution in [3.8, 4) is 23.0 Å². The van der Waals surface area contributed by atoms with Gasteiger partial charge in [0.2, 0.25) is 0 Å². The van der Waals surface area contributed by atoms with Crippen molar-refractivity contribution in [1.82, 2.24) is 5.32 Å². The molecule has 1 amide bonds. The molecule has 5 atom stereocenters. The van der Waals surface area contributed by atoms with Crippen molar-refractivity contribution in [3.63, 3.8) is 0 Å². The summed E-state index contributed by atoms with van der Waals surface area (Å²) in [6.45, 7) is 10.7. The average molecular weight is 729 g/mol. The fourth-order valence-corrected chi connectivity index (χ4v) is 5.44. The number of carbonyl (C=O) groups excluding carboxylic acids is 2. The molecular formula is C40H44N2O11. The van der Waals surface area contributed by atoms with Gasteiger partial charge in [-0.25, -0.2) is 9.59 Å². The van der Waals surface area contributed by atoms with Crippen LogP contribution < -0.4 is 24.3 Å². The zero-order chi connectivity index (χ0) is 38.1. The lowest BCUT2D eigenvalue weighted by molar-refractivity contribution is -0.384. The highest BCUT2D eigenvalue weighted by Gasteiger charge is 2.51. The van der Waals surface area contributed by atoms with Crippen LogP contribution in [0.1, 0.15) is 37.5 Å². The smallest absolute Gasteiger partial charge is 0.484 e. The number of rotatable bonds is 12. The number of alkyl carbamates (subject to hydrolysis) is 1. The number of hydrogen-bond donors (Lipinski definition) is 1. The molecule has 280 valence electrons. The maximum Gasteiger partial charge on any atom is 0.513 e. The van der Waals surface area contributed by atoms with Crippen LogP contribution in [0.15, 0.2) is 97.1 Å². The molecule has 0 aromatic heterocycles. The van der Waals surface area contributed by atoms with Crippen molar-refractivity contribution in [2.75, 3.05) is 13.2 Å². The highest BCUT2D eigenvalue weighted by Crippen LogP contribution is 2.33. The monoisotopic (exact) mass is 728 g/mol. The fraction of sp³-hybridized carbons (Fsp3) is 0.350. The van der Waals surface area contributed by atoms with E-state index < -0.39 is 53.3 Å². The van der Waals surface area contributed by atoms with Crippen molar-refractivity contribution in [3.05, 3.63) is 124 Å². The Labute approximate surface area is 308 Å². The third-order valence-corrected chi connectivity index (χ3v) is 8.07. The van der Waals surface area contributed by atoms with Gasteiger partial charge in [0.05, 0.1) is 11.5 Å². The summed E-state index contributed by atoms with van der Waals surface area (Å²) in [6.07, 6.45) is -6.33. The van der Waals surface area contributed by atoms with E-state index in [4.69, 9.17) is 33.2 Å². The predicted octanol–water partition coefficient (Wildman–Crippen LogP) is 7.67. The third kappa shape index (κ3) is 11.3. The van der Waals surface area contributed by atoms with Crippen molar-refractivity contribution in [2.45, 2.75) is 77.7 Å². The van der Waals surface area contributed by atoms with Gasteiger partial charge in [0.25, 0.3) is 5.69 Å². The molecule has 0 aliphatic carbocycles. The van der Waals surface area contributed by atoms with E-state index >= 15 is 0 Å². The molecule has 5 rings (SSSR count). The number of non-ortho nitro benzene ring substituents is 1. The average Bonchev–Trinajstić information content (AvgIpc) is 3.10. The number of nitrogens with one attached hydrogen (secondary N) is 1. The summed E-state index contributed by atoms with van der Waals surface area (Å²) in [5.41, 5.74) is 2.17. The van der Waals surface area contributed by atoms with Crippen LogP contribution in [-0.2, 0) is 14.2 Å². The number of aryl methyl sites for hydroxylation is 3. The van der Waals surface area contributed by atoms with E-state index in [0.717, 1.165) is 16.7 Å². The summed E-state index contributed by atoms with van der Waals surface area (Å²) in [7, 11) is 0. The van der Waals surface area contributed by atoms with Gasteiger partial charge < -0.3 is 38.5 Å². The second-order valence-corrected chi connectivity index (χ2v) is 13.7. The lowest BCUT2D eigenvalue weighted by Crippen LogP contribution is -2.66. The minimum atomic E-state index is -1.07. The number of benzene rings is 4. The van der Waals surface area contributed by atoms with Crippen molar-refractivity contribution in [1.29, 1.82) is 0 Å². The Hall–Kier alpha value is -5.82. The molecule has 0 radical (unpaired) electrons. The Morgan fingerprint density at radius 3 is 1.57 bits per heavy atom. The third-order valence-electron chi connectivity index (χ3n) is 8.07. The van der Waals surface area contributed by atoms with Crippen LogP contribution in [0.4, 0.5) is 15.3 Å². The highest BCUT2D eigenvalue weighted by atomic mass is 16.7. The van der Waals surface area contributed by atoms with E-state index in [0.29, 0.717) is 17.2 Å². The molecule has 1 aliphatic heterocycles. The first-order chi connectivity index (χ1) is 25.2. The van der Waals surface area contributed by atoms with Gasteiger partial charge in [-0.15, -0.1) is 0 Å². The Morgan fingerprint density at radius 2 is 1.11 bits per heavy atom. The van der Waals surface area contributed by atoms with Crippen LogP contribution in [0.3, 0.4) is 0 Å². The van der Waals surface area contributed by atoms with Crippen molar-refractivity contribution < 1.29 is 47.7 Å². The topological polar surface area (TPSA) is 154 Å². The van der Waals surface area contributed by atoms with Crippen LogP contribution >= 0.6 is 0 Å². The first kappa shape index (κ1) is 38.4. The highest BCUT2D eigenvalue weighted by molar-refractivity contribution is 5.67. The van der Waals surface area contributed by atoms with Crippen molar-refractivity contribution >= 4 is 17.9 Å². The Kier molecular flexibility index (Phi) is 12.4. The van der Waals surface area contributed by atoms with Gasteiger partial charge in [-0.3, -0.25) is 10.1 Å². The summed E-state index contributed by atoms with van der Waals surface area (Å²) >= 11 is 0. The quantitative estimate of drug-likeness (QED) is 0.0662. The summed E-state index contributed by atoms with van der Waals surface area (Å²) in [5.74, 6) is 1.59. The molecule has 0 saturated carbocycles. The molecule has 1 fully saturated rings. The standard InChI is InChI=1S/C40H44N2O11/c1-25-7-15-29(16-8-25)48-35-33(23-41-38(43)53-40(4,5)6)52-34(24-47-39(44)51-32-21-13-28(14-22-32)42(45)46)36(49-30-17-9-26(2)10-18-30)37(35)50-31-19-11-27(3)12-20-31/h7-22,33-37H,23-24H2,1-6H3,(H,41,43)/t33-,34+,35-,36+,37+/m0/s1. The Balaban J connectivity index is 1.50. The molecule has 1 heterocycles. The molecule has 1 N–H and O–H groups in total. The Bertz CT molecular complexity index is 1820. The maximum absolute atomic E-state index is 12.9. The first-order valence-electron chi connectivity index (χ1n) is 17.1. The van der Waals surface area contributed by atoms with Gasteiger partial charge in [-0.1, -0.05) is 53.1 Å². The lowest BCUT2D eigenvalue weighted by Gasteiger charge is -2.45. The minimum absolute atomic E-state index is 0.0456. The predicted molar refractivity (Wildman–Crippen MR) is 195 cm³/mol. The van der Waals surface area contributed by atoms with E-state index in [1.54, 1.807) is 20.8 Å². The molecule has 4 aromatic rings. The number of nitrogens with zero attached hydrogens (tertiary/aromatic N) is 1. The number of carbonyl (C=O) groups is 2. The lowest BCUT2D eigenvalue weighted by atomic mass is 9.93. The van der Waals surface area contributed by atoms with Crippen molar-refractivity contribution in [2.24, 2.45) is 0 Å². The van der Waals surface area contributed by atoms with Gasteiger partial charge in [-0.05, 0) is 90.1 Å². The second kappa shape index (κ2) is 17.1. The minimum Gasteiger partial charge on any atom is -0.484 e. The number of nitro benzene ring substituents is 1. The zero-order valence-electron chi connectivity index (χ0n) is 30.5. The van der Waals surface area contributed by atoms with Crippen LogP contribution in [0.2, 0.25) is 0 Å². The molecule has 13 nitrogen and oxygen atoms in total. The number of amides is 1. The molecule has 53 heavy (non-hydrogen) atoms. The summed E-state index contributed by atoms with van der Waals surface area (Å²) < 4.78 is 42.9. The fourth-order valence-electron chi connectivity index (χ4n) is 5.44. The molecule has 0 unspecified atom stereocenters. The number of ether oxygens (including phenoxy) is 7. The summed E-state index contributed by atoms with van der Waals surface area (Å²) in [5, 5.41) is 13.8. The molecule has 0 bridgehead atoms. The molecular weight excluding hydrogens is 684 g/mol. The molecule has 1 aliphatic rings. The summed E-state index contributed by atoms with van der Waals surface area (Å²) in [6, 6.07) is 27.4. The van der Waals surface area contributed by atoms with Gasteiger partial charge >= 0.3 is 12.2 Å². The first-order valence-corrected chi connectivity index (χ1v) is 17.1. The van der Waals surface area contributed by atoms with Crippen LogP contribution in [0.25, 0.3) is 0 Å². The van der Waals surface area contributed by atoms with E-state index in [1.165, 1.54) is 24.3 Å². The normalized spacial score (nSPS) is 19.7. The molecule has 13 heteroatoms. The molecule has 1 saturated heterocycles. The largest absolute Gasteiger partial charge is 0.513 e. The zero-order valence-corrected chi connectivity index (χ0v) is 30.5. The van der Waals surface area contributed by atoms with Crippen LogP contribution in [-0.4, -0.2) is 66.4 Å². The number of hydrogen-bond acceptors (Lipinski definition) is 11. The van der Waals surface area contributed by atoms with Gasteiger partial charge in [-0.2, -0.15) is 0 Å². The molecule has 4 aromatic carbocycles. The van der Waals surface area contributed by atoms with E-state index in [2.05, 4.69) is 5.32 Å². The van der Waals surface area contributed by atoms with E-state index in [-0.39, 0.29) is 24.6 Å². The SMILES string of the molecule is Cc1ccc(O[C@@H]2[C@@H](Oc3ccc(C)cc3)[C@H](CNC(=O)OC(C)(C)C)O[C@H](COC(=O)Oc3ccc([N+](=O)[O-])cc3)[C@H]2Oc2ccc(C)cc2)cc1. The number of nitro groups is 1. The van der Waals surface area contributed by atoms with E-state index in [9.17, 15) is 19.7 Å². The molecule has 0 spiro atoms. The van der Waals surface area contributed by atoms with Gasteiger partial charge in [0.15, 0.2) is 18.3 Å². The van der Waals surface area contributed by atoms with Gasteiger partial charge in [0.1, 0.15) is 47.4 Å². The summed E-state index contributed by atoms with van der Waals surface area (Å²) in [4.78, 5) is 36.3. The van der Waals surface area contributed by atoms with Crippen LogP contribution in [0, 0.1) is 30.9 Å². The van der Waals surface area contributed by atoms with Gasteiger partial charge in [0, 0.05) is 12.1 Å².